The fourth-order valence-corrected chi connectivity index (χ4v) is 2.89. The third-order valence-corrected chi connectivity index (χ3v) is 4.11. The molecule has 1 unspecified atom stereocenters. The first-order valence-corrected chi connectivity index (χ1v) is 7.19. The van der Waals surface area contributed by atoms with E-state index in [1.807, 2.05) is 24.3 Å². The van der Waals surface area contributed by atoms with Crippen LogP contribution in [0.1, 0.15) is 17.0 Å². The molecule has 0 aliphatic heterocycles. The second-order valence-corrected chi connectivity index (χ2v) is 5.48. The summed E-state index contributed by atoms with van der Waals surface area (Å²) < 4.78 is 27.5. The summed E-state index contributed by atoms with van der Waals surface area (Å²) in [5.74, 6) is -0.733. The average molecular weight is 346 g/mol. The van der Waals surface area contributed by atoms with Gasteiger partial charge in [0.05, 0.1) is 0 Å². The molecule has 2 rings (SSSR count). The molecule has 2 aromatic carbocycles. The van der Waals surface area contributed by atoms with E-state index in [1.165, 1.54) is 12.1 Å². The second kappa shape index (κ2) is 6.49. The predicted octanol–water partition coefficient (Wildman–Crippen LogP) is 5.29. The van der Waals surface area contributed by atoms with E-state index in [0.29, 0.717) is 17.9 Å². The topological polar surface area (TPSA) is 0 Å². The Hall–Kier alpha value is -0.930. The van der Waals surface area contributed by atoms with Crippen molar-refractivity contribution < 1.29 is 8.78 Å². The minimum atomic E-state index is -0.565. The van der Waals surface area contributed by atoms with Gasteiger partial charge in [-0.3, -0.25) is 0 Å². The molecular formula is C15H12BrClF2. The van der Waals surface area contributed by atoms with Gasteiger partial charge in [0, 0.05) is 22.3 Å². The van der Waals surface area contributed by atoms with Crippen LogP contribution >= 0.6 is 27.5 Å². The predicted molar refractivity (Wildman–Crippen MR) is 77.7 cm³/mol. The molecule has 0 spiro atoms. The van der Waals surface area contributed by atoms with Crippen molar-refractivity contribution in [3.8, 4) is 0 Å². The van der Waals surface area contributed by atoms with Crippen molar-refractivity contribution in [1.29, 1.82) is 0 Å². The molecule has 1 atom stereocenters. The second-order valence-electron chi connectivity index (χ2n) is 4.31. The fourth-order valence-electron chi connectivity index (χ4n) is 2.01. The SMILES string of the molecule is Fc1ccc(CC(CCl)c2ccccc2Br)c(F)c1. The van der Waals surface area contributed by atoms with E-state index < -0.39 is 11.6 Å². The minimum Gasteiger partial charge on any atom is -0.207 e. The zero-order valence-electron chi connectivity index (χ0n) is 10.0. The van der Waals surface area contributed by atoms with E-state index in [1.54, 1.807) is 0 Å². The van der Waals surface area contributed by atoms with Crippen molar-refractivity contribution in [2.45, 2.75) is 12.3 Å². The summed E-state index contributed by atoms with van der Waals surface area (Å²) in [5, 5.41) is 0. The highest BCUT2D eigenvalue weighted by molar-refractivity contribution is 9.10. The number of hydrogen-bond donors (Lipinski definition) is 0. The van der Waals surface area contributed by atoms with Gasteiger partial charge in [-0.1, -0.05) is 40.2 Å². The summed E-state index contributed by atoms with van der Waals surface area (Å²) in [4.78, 5) is 0. The molecule has 0 heterocycles. The summed E-state index contributed by atoms with van der Waals surface area (Å²) in [7, 11) is 0. The van der Waals surface area contributed by atoms with E-state index >= 15 is 0 Å². The van der Waals surface area contributed by atoms with Gasteiger partial charge >= 0.3 is 0 Å². The molecule has 0 aliphatic rings. The van der Waals surface area contributed by atoms with Crippen molar-refractivity contribution >= 4 is 27.5 Å². The van der Waals surface area contributed by atoms with Crippen LogP contribution in [-0.2, 0) is 6.42 Å². The zero-order chi connectivity index (χ0) is 13.8. The summed E-state index contributed by atoms with van der Waals surface area (Å²) in [6.07, 6.45) is 0.443. The number of hydrogen-bond acceptors (Lipinski definition) is 0. The van der Waals surface area contributed by atoms with Crippen molar-refractivity contribution in [3.05, 3.63) is 69.7 Å². The molecule has 0 amide bonds. The number of alkyl halides is 1. The van der Waals surface area contributed by atoms with Gasteiger partial charge in [-0.2, -0.15) is 0 Å². The van der Waals surface area contributed by atoms with Gasteiger partial charge in [0.1, 0.15) is 11.6 Å². The Morgan fingerprint density at radius 2 is 1.84 bits per heavy atom. The molecule has 0 N–H and O–H groups in total. The van der Waals surface area contributed by atoms with Gasteiger partial charge in [-0.15, -0.1) is 11.6 Å². The standard InChI is InChI=1S/C15H12BrClF2/c16-14-4-2-1-3-13(14)11(9-17)7-10-5-6-12(18)8-15(10)19/h1-6,8,11H,7,9H2. The average Bonchev–Trinajstić information content (AvgIpc) is 2.39. The molecule has 19 heavy (non-hydrogen) atoms. The van der Waals surface area contributed by atoms with Gasteiger partial charge in [0.25, 0.3) is 0 Å². The van der Waals surface area contributed by atoms with Crippen molar-refractivity contribution in [2.75, 3.05) is 5.88 Å². The Bertz CT molecular complexity index is 572. The fraction of sp³-hybridized carbons (Fsp3) is 0.200. The molecule has 0 saturated heterocycles. The minimum absolute atomic E-state index is 0.0165. The van der Waals surface area contributed by atoms with Crippen LogP contribution < -0.4 is 0 Å². The number of benzene rings is 2. The summed E-state index contributed by atoms with van der Waals surface area (Å²) in [5.41, 5.74) is 1.50. The smallest absolute Gasteiger partial charge is 0.129 e. The largest absolute Gasteiger partial charge is 0.207 e. The lowest BCUT2D eigenvalue weighted by Gasteiger charge is -2.16. The van der Waals surface area contributed by atoms with E-state index in [4.69, 9.17) is 11.6 Å². The first kappa shape index (κ1) is 14.5. The van der Waals surface area contributed by atoms with Crippen LogP contribution in [0.3, 0.4) is 0 Å². The van der Waals surface area contributed by atoms with Gasteiger partial charge in [0.15, 0.2) is 0 Å². The summed E-state index contributed by atoms with van der Waals surface area (Å²) in [6, 6.07) is 11.4. The Morgan fingerprint density at radius 3 is 2.47 bits per heavy atom. The lowest BCUT2D eigenvalue weighted by Crippen LogP contribution is -2.07. The normalized spacial score (nSPS) is 12.4. The van der Waals surface area contributed by atoms with Crippen LogP contribution in [-0.4, -0.2) is 5.88 Å². The van der Waals surface area contributed by atoms with E-state index in [-0.39, 0.29) is 5.92 Å². The Morgan fingerprint density at radius 1 is 1.11 bits per heavy atom. The summed E-state index contributed by atoms with van der Waals surface area (Å²) >= 11 is 9.46. The maximum absolute atomic E-state index is 13.7. The maximum atomic E-state index is 13.7. The molecule has 0 nitrogen and oxygen atoms in total. The van der Waals surface area contributed by atoms with Crippen LogP contribution in [0.2, 0.25) is 0 Å². The highest BCUT2D eigenvalue weighted by Gasteiger charge is 2.16. The van der Waals surface area contributed by atoms with Crippen LogP contribution in [0.4, 0.5) is 8.78 Å². The zero-order valence-corrected chi connectivity index (χ0v) is 12.4. The molecule has 2 aromatic rings. The van der Waals surface area contributed by atoms with Crippen molar-refractivity contribution in [3.63, 3.8) is 0 Å². The Balaban J connectivity index is 2.27. The van der Waals surface area contributed by atoms with Gasteiger partial charge in [0.2, 0.25) is 0 Å². The number of halogens is 4. The monoisotopic (exact) mass is 344 g/mol. The first-order valence-electron chi connectivity index (χ1n) is 5.86. The molecule has 0 aliphatic carbocycles. The molecule has 4 heteroatoms. The maximum Gasteiger partial charge on any atom is 0.129 e. The third-order valence-electron chi connectivity index (χ3n) is 3.01. The molecular weight excluding hydrogens is 334 g/mol. The van der Waals surface area contributed by atoms with Crippen LogP contribution in [0.15, 0.2) is 46.9 Å². The van der Waals surface area contributed by atoms with Crippen molar-refractivity contribution in [2.24, 2.45) is 0 Å². The quantitative estimate of drug-likeness (QED) is 0.660. The first-order chi connectivity index (χ1) is 9.11. The van der Waals surface area contributed by atoms with Gasteiger partial charge in [-0.05, 0) is 29.7 Å². The Labute approximate surface area is 124 Å². The molecule has 0 bridgehead atoms. The van der Waals surface area contributed by atoms with Gasteiger partial charge < -0.3 is 0 Å². The third kappa shape index (κ3) is 3.54. The van der Waals surface area contributed by atoms with E-state index in [9.17, 15) is 8.78 Å². The van der Waals surface area contributed by atoms with Crippen LogP contribution in [0.25, 0.3) is 0 Å². The molecule has 0 fully saturated rings. The molecule has 0 saturated carbocycles. The Kier molecular flexibility index (Phi) is 4.94. The number of rotatable bonds is 4. The highest BCUT2D eigenvalue weighted by Crippen LogP contribution is 2.29. The molecule has 0 aromatic heterocycles. The lowest BCUT2D eigenvalue weighted by atomic mass is 9.93. The van der Waals surface area contributed by atoms with Crippen LogP contribution in [0, 0.1) is 11.6 Å². The van der Waals surface area contributed by atoms with Gasteiger partial charge in [-0.25, -0.2) is 8.78 Å². The van der Waals surface area contributed by atoms with E-state index in [0.717, 1.165) is 16.1 Å². The van der Waals surface area contributed by atoms with Crippen LogP contribution in [0.5, 0.6) is 0 Å². The molecule has 100 valence electrons. The summed E-state index contributed by atoms with van der Waals surface area (Å²) in [6.45, 7) is 0. The van der Waals surface area contributed by atoms with E-state index in [2.05, 4.69) is 15.9 Å². The van der Waals surface area contributed by atoms with Crippen molar-refractivity contribution in [1.82, 2.24) is 0 Å². The highest BCUT2D eigenvalue weighted by atomic mass is 79.9. The lowest BCUT2D eigenvalue weighted by molar-refractivity contribution is 0.565. The molecule has 0 radical (unpaired) electrons.